The molecule has 0 saturated carbocycles. The first-order valence-corrected chi connectivity index (χ1v) is 7.34. The number of carbonyl (C=O) groups is 1. The number of rotatable bonds is 4. The van der Waals surface area contributed by atoms with Crippen LogP contribution < -0.4 is 10.1 Å². The molecule has 1 amide bonds. The summed E-state index contributed by atoms with van der Waals surface area (Å²) in [5, 5.41) is 3.65. The fourth-order valence-corrected chi connectivity index (χ4v) is 2.34. The molecule has 0 saturated heterocycles. The van der Waals surface area contributed by atoms with E-state index in [1.165, 1.54) is 12.1 Å². The van der Waals surface area contributed by atoms with Gasteiger partial charge in [-0.25, -0.2) is 0 Å². The Morgan fingerprint density at radius 1 is 1.10 bits per heavy atom. The first-order valence-electron chi connectivity index (χ1n) is 6.20. The van der Waals surface area contributed by atoms with Crippen molar-refractivity contribution in [3.63, 3.8) is 0 Å². The molecule has 2 aromatic rings. The standard InChI is InChI=1S/C15H12Cl3NO2/c1-2-21-14-6-4-3-5-9(14)15(20)19-13-8-11(17)10(16)7-12(13)18/h3-8H,2H2,1H3,(H,19,20). The van der Waals surface area contributed by atoms with E-state index in [0.29, 0.717) is 38.7 Å². The highest BCUT2D eigenvalue weighted by molar-refractivity contribution is 6.44. The molecule has 2 aromatic carbocycles. The molecule has 0 atom stereocenters. The van der Waals surface area contributed by atoms with E-state index in [-0.39, 0.29) is 5.91 Å². The van der Waals surface area contributed by atoms with Gasteiger partial charge in [-0.2, -0.15) is 0 Å². The maximum atomic E-state index is 12.3. The number of ether oxygens (including phenoxy) is 1. The summed E-state index contributed by atoms with van der Waals surface area (Å²) in [6.07, 6.45) is 0. The minimum absolute atomic E-state index is 0.312. The number of carbonyl (C=O) groups excluding carboxylic acids is 1. The van der Waals surface area contributed by atoms with E-state index in [2.05, 4.69) is 5.32 Å². The van der Waals surface area contributed by atoms with E-state index in [1.54, 1.807) is 24.3 Å². The number of benzene rings is 2. The minimum Gasteiger partial charge on any atom is -0.493 e. The molecule has 0 unspecified atom stereocenters. The summed E-state index contributed by atoms with van der Waals surface area (Å²) in [5.41, 5.74) is 0.809. The van der Waals surface area contributed by atoms with Gasteiger partial charge in [0.15, 0.2) is 0 Å². The van der Waals surface area contributed by atoms with Gasteiger partial charge in [0, 0.05) is 0 Å². The third-order valence-corrected chi connectivity index (χ3v) is 3.72. The molecule has 6 heteroatoms. The maximum Gasteiger partial charge on any atom is 0.259 e. The lowest BCUT2D eigenvalue weighted by molar-refractivity contribution is 0.102. The zero-order valence-electron chi connectivity index (χ0n) is 11.1. The monoisotopic (exact) mass is 343 g/mol. The van der Waals surface area contributed by atoms with E-state index >= 15 is 0 Å². The van der Waals surface area contributed by atoms with Crippen molar-refractivity contribution in [1.82, 2.24) is 0 Å². The number of amides is 1. The van der Waals surface area contributed by atoms with Gasteiger partial charge >= 0.3 is 0 Å². The van der Waals surface area contributed by atoms with Crippen LogP contribution in [-0.4, -0.2) is 12.5 Å². The zero-order chi connectivity index (χ0) is 15.4. The van der Waals surface area contributed by atoms with Crippen molar-refractivity contribution in [3.8, 4) is 5.75 Å². The molecule has 2 rings (SSSR count). The second-order valence-corrected chi connectivity index (χ2v) is 5.35. The van der Waals surface area contributed by atoms with Gasteiger partial charge in [0.05, 0.1) is 32.9 Å². The Hall–Kier alpha value is -1.42. The summed E-state index contributed by atoms with van der Waals surface area (Å²) in [6, 6.07) is 9.95. The van der Waals surface area contributed by atoms with Crippen LogP contribution in [0.4, 0.5) is 5.69 Å². The number of anilines is 1. The lowest BCUT2D eigenvalue weighted by Gasteiger charge is -2.12. The topological polar surface area (TPSA) is 38.3 Å². The molecule has 0 aromatic heterocycles. The third kappa shape index (κ3) is 3.82. The van der Waals surface area contributed by atoms with E-state index in [0.717, 1.165) is 0 Å². The average Bonchev–Trinajstić information content (AvgIpc) is 2.45. The van der Waals surface area contributed by atoms with Crippen LogP contribution in [0.15, 0.2) is 36.4 Å². The van der Waals surface area contributed by atoms with Gasteiger partial charge < -0.3 is 10.1 Å². The molecule has 0 heterocycles. The molecular formula is C15H12Cl3NO2. The highest BCUT2D eigenvalue weighted by atomic mass is 35.5. The highest BCUT2D eigenvalue weighted by Gasteiger charge is 2.14. The predicted octanol–water partition coefficient (Wildman–Crippen LogP) is 5.30. The number of hydrogen-bond donors (Lipinski definition) is 1. The average molecular weight is 345 g/mol. The van der Waals surface area contributed by atoms with Crippen molar-refractivity contribution in [2.45, 2.75) is 6.92 Å². The Morgan fingerprint density at radius 3 is 2.48 bits per heavy atom. The highest BCUT2D eigenvalue weighted by Crippen LogP contribution is 2.32. The van der Waals surface area contributed by atoms with Gasteiger partial charge in [0.1, 0.15) is 5.75 Å². The number of halogens is 3. The summed E-state index contributed by atoms with van der Waals surface area (Å²) < 4.78 is 5.43. The molecule has 0 aliphatic carbocycles. The molecule has 1 N–H and O–H groups in total. The van der Waals surface area contributed by atoms with Crippen molar-refractivity contribution in [1.29, 1.82) is 0 Å². The van der Waals surface area contributed by atoms with Crippen LogP contribution in [0.1, 0.15) is 17.3 Å². The van der Waals surface area contributed by atoms with Gasteiger partial charge in [0.2, 0.25) is 0 Å². The van der Waals surface area contributed by atoms with Gasteiger partial charge in [-0.3, -0.25) is 4.79 Å². The Morgan fingerprint density at radius 2 is 1.76 bits per heavy atom. The van der Waals surface area contributed by atoms with Gasteiger partial charge in [-0.15, -0.1) is 0 Å². The van der Waals surface area contributed by atoms with Crippen LogP contribution in [0.5, 0.6) is 5.75 Å². The lowest BCUT2D eigenvalue weighted by Crippen LogP contribution is -2.14. The summed E-state index contributed by atoms with van der Waals surface area (Å²) in [4.78, 5) is 12.3. The molecule has 0 spiro atoms. The van der Waals surface area contributed by atoms with Crippen LogP contribution in [0.3, 0.4) is 0 Å². The van der Waals surface area contributed by atoms with Crippen molar-refractivity contribution >= 4 is 46.4 Å². The van der Waals surface area contributed by atoms with Crippen molar-refractivity contribution < 1.29 is 9.53 Å². The third-order valence-electron chi connectivity index (χ3n) is 2.69. The molecule has 110 valence electrons. The van der Waals surface area contributed by atoms with Crippen LogP contribution in [0.25, 0.3) is 0 Å². The largest absolute Gasteiger partial charge is 0.493 e. The van der Waals surface area contributed by atoms with Crippen LogP contribution in [-0.2, 0) is 0 Å². The second-order valence-electron chi connectivity index (χ2n) is 4.13. The predicted molar refractivity (Wildman–Crippen MR) is 87.0 cm³/mol. The van der Waals surface area contributed by atoms with Gasteiger partial charge in [-0.1, -0.05) is 46.9 Å². The molecule has 0 aliphatic heterocycles. The van der Waals surface area contributed by atoms with E-state index < -0.39 is 0 Å². The fraction of sp³-hybridized carbons (Fsp3) is 0.133. The molecular weight excluding hydrogens is 333 g/mol. The SMILES string of the molecule is CCOc1ccccc1C(=O)Nc1cc(Cl)c(Cl)cc1Cl. The number of para-hydroxylation sites is 1. The molecule has 0 bridgehead atoms. The Labute approximate surface area is 137 Å². The van der Waals surface area contributed by atoms with Crippen LogP contribution in [0.2, 0.25) is 15.1 Å². The summed E-state index contributed by atoms with van der Waals surface area (Å²) in [7, 11) is 0. The van der Waals surface area contributed by atoms with Crippen molar-refractivity contribution in [3.05, 3.63) is 57.0 Å². The Kier molecular flexibility index (Phi) is 5.34. The molecule has 0 fully saturated rings. The minimum atomic E-state index is -0.334. The second kappa shape index (κ2) is 7.03. The van der Waals surface area contributed by atoms with E-state index in [9.17, 15) is 4.79 Å². The smallest absolute Gasteiger partial charge is 0.259 e. The maximum absolute atomic E-state index is 12.3. The van der Waals surface area contributed by atoms with E-state index in [4.69, 9.17) is 39.5 Å². The van der Waals surface area contributed by atoms with Crippen molar-refractivity contribution in [2.75, 3.05) is 11.9 Å². The summed E-state index contributed by atoms with van der Waals surface area (Å²) in [5.74, 6) is 0.174. The molecule has 3 nitrogen and oxygen atoms in total. The first-order chi connectivity index (χ1) is 10.0. The quantitative estimate of drug-likeness (QED) is 0.764. The summed E-state index contributed by atoms with van der Waals surface area (Å²) in [6.45, 7) is 2.32. The zero-order valence-corrected chi connectivity index (χ0v) is 13.4. The van der Waals surface area contributed by atoms with Crippen molar-refractivity contribution in [2.24, 2.45) is 0 Å². The number of hydrogen-bond acceptors (Lipinski definition) is 2. The van der Waals surface area contributed by atoms with Crippen LogP contribution >= 0.6 is 34.8 Å². The number of nitrogens with one attached hydrogen (secondary N) is 1. The normalized spacial score (nSPS) is 10.3. The molecule has 0 radical (unpaired) electrons. The Bertz CT molecular complexity index is 674. The van der Waals surface area contributed by atoms with E-state index in [1.807, 2.05) is 6.92 Å². The molecule has 0 aliphatic rings. The molecule has 21 heavy (non-hydrogen) atoms. The van der Waals surface area contributed by atoms with Crippen LogP contribution in [0, 0.1) is 0 Å². The lowest BCUT2D eigenvalue weighted by atomic mass is 10.2. The van der Waals surface area contributed by atoms with Gasteiger partial charge in [0.25, 0.3) is 5.91 Å². The van der Waals surface area contributed by atoms with Gasteiger partial charge in [-0.05, 0) is 31.2 Å². The first kappa shape index (κ1) is 16.0. The summed E-state index contributed by atoms with van der Waals surface area (Å²) >= 11 is 17.8. The fourth-order valence-electron chi connectivity index (χ4n) is 1.74. The Balaban J connectivity index is 2.28.